The topological polar surface area (TPSA) is 56.8 Å². The number of benzene rings is 1. The third-order valence-corrected chi connectivity index (χ3v) is 1.48. The lowest BCUT2D eigenvalue weighted by atomic mass is 10.1. The van der Waals surface area contributed by atoms with Crippen molar-refractivity contribution in [1.82, 2.24) is 0 Å². The Morgan fingerprint density at radius 1 is 1.13 bits per heavy atom. The molecule has 0 atom stereocenters. The number of nitriles is 2. The zero-order valence-electron chi connectivity index (χ0n) is 7.17. The van der Waals surface area contributed by atoms with E-state index < -0.39 is 17.7 Å². The fourth-order valence-electron chi connectivity index (χ4n) is 0.949. The van der Waals surface area contributed by atoms with Crippen molar-refractivity contribution in [3.05, 3.63) is 29.3 Å². The van der Waals surface area contributed by atoms with E-state index in [0.29, 0.717) is 0 Å². The van der Waals surface area contributed by atoms with Crippen molar-refractivity contribution in [2.45, 2.75) is 6.36 Å². The highest BCUT2D eigenvalue weighted by molar-refractivity contribution is 5.53. The van der Waals surface area contributed by atoms with Gasteiger partial charge in [0.15, 0.2) is 0 Å². The van der Waals surface area contributed by atoms with Gasteiger partial charge < -0.3 is 4.74 Å². The van der Waals surface area contributed by atoms with E-state index in [2.05, 4.69) is 4.74 Å². The average Bonchev–Trinajstić information content (AvgIpc) is 2.15. The van der Waals surface area contributed by atoms with E-state index in [-0.39, 0.29) is 5.56 Å². The van der Waals surface area contributed by atoms with Crippen LogP contribution in [0.2, 0.25) is 0 Å². The first-order valence-electron chi connectivity index (χ1n) is 3.67. The van der Waals surface area contributed by atoms with E-state index in [1.807, 2.05) is 0 Å². The molecule has 0 aliphatic heterocycles. The van der Waals surface area contributed by atoms with E-state index in [4.69, 9.17) is 10.5 Å². The molecule has 0 radical (unpaired) electrons. The van der Waals surface area contributed by atoms with Crippen LogP contribution in [0, 0.1) is 22.7 Å². The summed E-state index contributed by atoms with van der Waals surface area (Å²) in [5, 5.41) is 17.1. The number of ether oxygens (including phenoxy) is 1. The van der Waals surface area contributed by atoms with Crippen molar-refractivity contribution in [1.29, 1.82) is 10.5 Å². The molecular formula is C9H3F3N2O. The quantitative estimate of drug-likeness (QED) is 0.717. The normalized spacial score (nSPS) is 10.2. The first-order valence-corrected chi connectivity index (χ1v) is 3.67. The van der Waals surface area contributed by atoms with Crippen LogP contribution in [0.4, 0.5) is 13.2 Å². The number of halogens is 3. The summed E-state index contributed by atoms with van der Waals surface area (Å²) in [5.74, 6) is -0.663. The van der Waals surface area contributed by atoms with Gasteiger partial charge in [-0.2, -0.15) is 10.5 Å². The molecule has 0 heterocycles. The van der Waals surface area contributed by atoms with Gasteiger partial charge in [0.05, 0.1) is 5.56 Å². The Balaban J connectivity index is 3.21. The molecule has 0 saturated carbocycles. The molecule has 0 aliphatic rings. The molecule has 15 heavy (non-hydrogen) atoms. The van der Waals surface area contributed by atoms with Crippen molar-refractivity contribution in [3.8, 4) is 17.9 Å². The van der Waals surface area contributed by atoms with Crippen molar-refractivity contribution in [3.63, 3.8) is 0 Å². The fraction of sp³-hybridized carbons (Fsp3) is 0.111. The zero-order chi connectivity index (χ0) is 11.5. The maximum absolute atomic E-state index is 11.9. The number of hydrogen-bond donors (Lipinski definition) is 0. The highest BCUT2D eigenvalue weighted by Crippen LogP contribution is 2.27. The van der Waals surface area contributed by atoms with Gasteiger partial charge in [0, 0.05) is 0 Å². The van der Waals surface area contributed by atoms with Crippen LogP contribution in [0.3, 0.4) is 0 Å². The summed E-state index contributed by atoms with van der Waals surface area (Å²) in [4.78, 5) is 0. The van der Waals surface area contributed by atoms with Crippen LogP contribution in [0.15, 0.2) is 18.2 Å². The second kappa shape index (κ2) is 3.89. The summed E-state index contributed by atoms with van der Waals surface area (Å²) in [5.41, 5.74) is -0.573. The smallest absolute Gasteiger partial charge is 0.404 e. The molecule has 0 amide bonds. The lowest BCUT2D eigenvalue weighted by molar-refractivity contribution is -0.274. The molecule has 1 aromatic carbocycles. The van der Waals surface area contributed by atoms with Gasteiger partial charge in [-0.05, 0) is 12.1 Å². The van der Waals surface area contributed by atoms with Gasteiger partial charge in [-0.1, -0.05) is 6.07 Å². The molecule has 0 bridgehead atoms. The Kier molecular flexibility index (Phi) is 2.82. The molecule has 0 spiro atoms. The summed E-state index contributed by atoms with van der Waals surface area (Å²) in [6.07, 6.45) is -4.88. The summed E-state index contributed by atoms with van der Waals surface area (Å²) in [7, 11) is 0. The lowest BCUT2D eigenvalue weighted by Crippen LogP contribution is -2.18. The highest BCUT2D eigenvalue weighted by Gasteiger charge is 2.32. The van der Waals surface area contributed by atoms with E-state index >= 15 is 0 Å². The van der Waals surface area contributed by atoms with Crippen LogP contribution < -0.4 is 4.74 Å². The predicted octanol–water partition coefficient (Wildman–Crippen LogP) is 2.33. The van der Waals surface area contributed by atoms with Gasteiger partial charge in [0.25, 0.3) is 0 Å². The number of hydrogen-bond acceptors (Lipinski definition) is 3. The van der Waals surface area contributed by atoms with E-state index in [0.717, 1.165) is 6.07 Å². The van der Waals surface area contributed by atoms with Crippen LogP contribution in [0.5, 0.6) is 5.75 Å². The molecule has 6 heteroatoms. The van der Waals surface area contributed by atoms with Crippen molar-refractivity contribution < 1.29 is 17.9 Å². The van der Waals surface area contributed by atoms with Gasteiger partial charge in [-0.25, -0.2) is 0 Å². The minimum Gasteiger partial charge on any atom is -0.404 e. The third kappa shape index (κ3) is 2.61. The molecular weight excluding hydrogens is 209 g/mol. The third-order valence-electron chi connectivity index (χ3n) is 1.48. The second-order valence-corrected chi connectivity index (χ2v) is 2.45. The Morgan fingerprint density at radius 2 is 1.80 bits per heavy atom. The maximum Gasteiger partial charge on any atom is 0.573 e. The molecule has 0 aromatic heterocycles. The number of alkyl halides is 3. The van der Waals surface area contributed by atoms with Gasteiger partial charge in [-0.3, -0.25) is 0 Å². The molecule has 3 nitrogen and oxygen atoms in total. The summed E-state index contributed by atoms with van der Waals surface area (Å²) in [6.45, 7) is 0. The fourth-order valence-corrected chi connectivity index (χ4v) is 0.949. The average molecular weight is 212 g/mol. The van der Waals surface area contributed by atoms with Crippen LogP contribution in [-0.4, -0.2) is 6.36 Å². The lowest BCUT2D eigenvalue weighted by Gasteiger charge is -2.10. The van der Waals surface area contributed by atoms with Gasteiger partial charge >= 0.3 is 6.36 Å². The number of rotatable bonds is 1. The second-order valence-electron chi connectivity index (χ2n) is 2.45. The van der Waals surface area contributed by atoms with Gasteiger partial charge in [0.1, 0.15) is 23.5 Å². The number of nitrogens with zero attached hydrogens (tertiary/aromatic N) is 2. The van der Waals surface area contributed by atoms with Gasteiger partial charge in [-0.15, -0.1) is 13.2 Å². The van der Waals surface area contributed by atoms with E-state index in [9.17, 15) is 13.2 Å². The predicted molar refractivity (Wildman–Crippen MR) is 42.6 cm³/mol. The van der Waals surface area contributed by atoms with Crippen molar-refractivity contribution in [2.24, 2.45) is 0 Å². The van der Waals surface area contributed by atoms with Crippen LogP contribution in [0.25, 0.3) is 0 Å². The summed E-state index contributed by atoms with van der Waals surface area (Å²) < 4.78 is 39.2. The Bertz CT molecular complexity index is 454. The van der Waals surface area contributed by atoms with Gasteiger partial charge in [0.2, 0.25) is 0 Å². The Morgan fingerprint density at radius 3 is 2.27 bits per heavy atom. The molecule has 0 fully saturated rings. The highest BCUT2D eigenvalue weighted by atomic mass is 19.4. The van der Waals surface area contributed by atoms with E-state index in [1.165, 1.54) is 18.2 Å². The van der Waals surface area contributed by atoms with Crippen molar-refractivity contribution >= 4 is 0 Å². The summed E-state index contributed by atoms with van der Waals surface area (Å²) >= 11 is 0. The molecule has 0 N–H and O–H groups in total. The standard InChI is InChI=1S/C9H3F3N2O/c10-9(11,12)15-8-3-1-2-6(4-13)7(8)5-14/h1-3H. The maximum atomic E-state index is 11.9. The molecule has 0 aliphatic carbocycles. The minimum absolute atomic E-state index is 0.153. The molecule has 0 unspecified atom stereocenters. The molecule has 76 valence electrons. The van der Waals surface area contributed by atoms with E-state index in [1.54, 1.807) is 6.07 Å². The molecule has 1 rings (SSSR count). The van der Waals surface area contributed by atoms with Crippen molar-refractivity contribution in [2.75, 3.05) is 0 Å². The Hall–Kier alpha value is -2.21. The zero-order valence-corrected chi connectivity index (χ0v) is 7.17. The first kappa shape index (κ1) is 10.9. The SMILES string of the molecule is N#Cc1cccc(OC(F)(F)F)c1C#N. The summed E-state index contributed by atoms with van der Waals surface area (Å²) in [6, 6.07) is 6.52. The Labute approximate surface area is 82.9 Å². The molecule has 1 aromatic rings. The van der Waals surface area contributed by atoms with Crippen LogP contribution in [0.1, 0.15) is 11.1 Å². The minimum atomic E-state index is -4.88. The molecule has 0 saturated heterocycles. The monoisotopic (exact) mass is 212 g/mol. The largest absolute Gasteiger partial charge is 0.573 e. The first-order chi connectivity index (χ1) is 6.98. The van der Waals surface area contributed by atoms with Crippen LogP contribution >= 0.6 is 0 Å². The van der Waals surface area contributed by atoms with Crippen LogP contribution in [-0.2, 0) is 0 Å².